The molecule has 0 spiro atoms. The highest BCUT2D eigenvalue weighted by Crippen LogP contribution is 2.32. The summed E-state index contributed by atoms with van der Waals surface area (Å²) in [7, 11) is 0. The van der Waals surface area contributed by atoms with Crippen LogP contribution in [0, 0.1) is 28.6 Å². The third-order valence-electron chi connectivity index (χ3n) is 2.80. The summed E-state index contributed by atoms with van der Waals surface area (Å²) in [4.78, 5) is 23.2. The molecule has 0 saturated heterocycles. The predicted octanol–water partition coefficient (Wildman–Crippen LogP) is 2.73. The van der Waals surface area contributed by atoms with Gasteiger partial charge in [0.05, 0.1) is 6.07 Å². The summed E-state index contributed by atoms with van der Waals surface area (Å²) in [5, 5.41) is 20.9. The average Bonchev–Trinajstić information content (AvgIpc) is 2.76. The summed E-state index contributed by atoms with van der Waals surface area (Å²) in [5.74, 6) is -2.86. The molecule has 0 aliphatic rings. The van der Waals surface area contributed by atoms with E-state index < -0.39 is 17.6 Å². The summed E-state index contributed by atoms with van der Waals surface area (Å²) < 4.78 is 6.05. The van der Waals surface area contributed by atoms with Crippen LogP contribution in [-0.4, -0.2) is 11.7 Å². The van der Waals surface area contributed by atoms with E-state index in [0.717, 1.165) is 11.4 Å². The van der Waals surface area contributed by atoms with Crippen LogP contribution in [0.15, 0.2) is 27.1 Å². The maximum atomic E-state index is 12.0. The number of carbonyl (C=O) groups is 2. The van der Waals surface area contributed by atoms with E-state index in [1.165, 1.54) is 0 Å². The maximum Gasteiger partial charge on any atom is 0.249 e. The highest BCUT2D eigenvalue weighted by molar-refractivity contribution is 9.10. The van der Waals surface area contributed by atoms with Crippen LogP contribution >= 0.6 is 15.9 Å². The third-order valence-corrected chi connectivity index (χ3v) is 3.29. The van der Waals surface area contributed by atoms with Crippen LogP contribution in [0.5, 0.6) is 0 Å². The van der Waals surface area contributed by atoms with Crippen molar-refractivity contribution in [1.82, 2.24) is 0 Å². The molecule has 1 atom stereocenters. The molecule has 1 aromatic carbocycles. The van der Waals surface area contributed by atoms with Gasteiger partial charge in [-0.15, -0.1) is 0 Å². The summed E-state index contributed by atoms with van der Waals surface area (Å²) in [5.41, 5.74) is 0.571. The van der Waals surface area contributed by atoms with Gasteiger partial charge in [-0.3, -0.25) is 9.59 Å². The zero-order valence-corrected chi connectivity index (χ0v) is 12.4. The minimum Gasteiger partial charge on any atom is -0.443 e. The van der Waals surface area contributed by atoms with Crippen molar-refractivity contribution in [1.29, 1.82) is 10.5 Å². The van der Waals surface area contributed by atoms with Crippen molar-refractivity contribution in [3.8, 4) is 12.1 Å². The lowest BCUT2D eigenvalue weighted by Crippen LogP contribution is -2.27. The minimum absolute atomic E-state index is 0.0864. The summed E-state index contributed by atoms with van der Waals surface area (Å²) in [6, 6.07) is 8.50. The molecule has 1 heterocycles. The molecule has 1 aromatic heterocycles. The quantitative estimate of drug-likeness (QED) is 0.860. The van der Waals surface area contributed by atoms with Gasteiger partial charge in [0.25, 0.3) is 0 Å². The smallest absolute Gasteiger partial charge is 0.249 e. The first-order chi connectivity index (χ1) is 9.97. The van der Waals surface area contributed by atoms with Crippen LogP contribution in [-0.2, 0) is 9.59 Å². The maximum absolute atomic E-state index is 12.0. The van der Waals surface area contributed by atoms with Crippen molar-refractivity contribution in [3.05, 3.63) is 28.4 Å². The second-order valence-electron chi connectivity index (χ2n) is 4.22. The molecule has 1 N–H and O–H groups in total. The summed E-state index contributed by atoms with van der Waals surface area (Å²) in [6.07, 6.45) is 0. The molecule has 1 unspecified atom stereocenters. The number of rotatable bonds is 3. The van der Waals surface area contributed by atoms with E-state index in [9.17, 15) is 9.59 Å². The van der Waals surface area contributed by atoms with E-state index >= 15 is 0 Å². The highest BCUT2D eigenvalue weighted by atomic mass is 79.9. The van der Waals surface area contributed by atoms with Crippen molar-refractivity contribution in [3.63, 3.8) is 0 Å². The molecule has 0 fully saturated rings. The fourth-order valence-electron chi connectivity index (χ4n) is 1.80. The zero-order valence-electron chi connectivity index (χ0n) is 10.8. The second-order valence-corrected chi connectivity index (χ2v) is 5.14. The van der Waals surface area contributed by atoms with Gasteiger partial charge in [0, 0.05) is 9.86 Å². The average molecular weight is 346 g/mol. The van der Waals surface area contributed by atoms with Crippen LogP contribution in [0.3, 0.4) is 0 Å². The number of nitriles is 2. The Labute approximate surface area is 128 Å². The van der Waals surface area contributed by atoms with Crippen LogP contribution in [0.1, 0.15) is 12.7 Å². The summed E-state index contributed by atoms with van der Waals surface area (Å²) in [6.45, 7) is 1.16. The molecule has 104 valence electrons. The molecule has 0 bridgehead atoms. The number of amides is 1. The molecule has 0 saturated carbocycles. The number of ketones is 1. The number of hydrogen-bond donors (Lipinski definition) is 1. The second kappa shape index (κ2) is 5.78. The topological polar surface area (TPSA) is 107 Å². The molecular formula is C14H8BrN3O3. The number of carbonyl (C=O) groups excluding carboxylic acids is 2. The molecule has 6 nitrogen and oxygen atoms in total. The fraction of sp³-hybridized carbons (Fsp3) is 0.143. The lowest BCUT2D eigenvalue weighted by molar-refractivity contribution is -0.127. The summed E-state index contributed by atoms with van der Waals surface area (Å²) >= 11 is 3.29. The van der Waals surface area contributed by atoms with Crippen LogP contribution in [0.25, 0.3) is 11.0 Å². The zero-order chi connectivity index (χ0) is 15.6. The van der Waals surface area contributed by atoms with Crippen LogP contribution in [0.2, 0.25) is 0 Å². The monoisotopic (exact) mass is 345 g/mol. The fourth-order valence-corrected chi connectivity index (χ4v) is 2.16. The van der Waals surface area contributed by atoms with E-state index in [2.05, 4.69) is 21.2 Å². The van der Waals surface area contributed by atoms with Gasteiger partial charge in [0.15, 0.2) is 11.7 Å². The number of nitrogens with one attached hydrogen (secondary N) is 1. The van der Waals surface area contributed by atoms with Gasteiger partial charge >= 0.3 is 0 Å². The number of benzene rings is 1. The van der Waals surface area contributed by atoms with Crippen LogP contribution in [0.4, 0.5) is 5.69 Å². The Morgan fingerprint density at radius 3 is 2.67 bits per heavy atom. The molecule has 21 heavy (non-hydrogen) atoms. The molecule has 2 rings (SSSR count). The Hall–Kier alpha value is -2.64. The van der Waals surface area contributed by atoms with E-state index in [1.807, 2.05) is 6.07 Å². The van der Waals surface area contributed by atoms with Gasteiger partial charge in [-0.05, 0) is 25.1 Å². The van der Waals surface area contributed by atoms with Crippen molar-refractivity contribution >= 4 is 44.3 Å². The lowest BCUT2D eigenvalue weighted by Gasteiger charge is -2.06. The standard InChI is InChI=1S/C14H8BrN3O3/c1-7(19)10(5-16)14(20)18-13-9-4-8(15)2-3-11(9)21-12(13)6-17/h2-4,10H,1H3,(H,18,20). The molecule has 1 amide bonds. The first-order valence-electron chi connectivity index (χ1n) is 5.81. The first-order valence-corrected chi connectivity index (χ1v) is 6.60. The Bertz CT molecular complexity index is 826. The number of halogens is 1. The van der Waals surface area contributed by atoms with Gasteiger partial charge in [-0.1, -0.05) is 15.9 Å². The lowest BCUT2D eigenvalue weighted by atomic mass is 10.1. The molecule has 7 heteroatoms. The van der Waals surface area contributed by atoms with E-state index in [1.54, 1.807) is 24.3 Å². The normalized spacial score (nSPS) is 11.4. The number of hydrogen-bond acceptors (Lipinski definition) is 5. The molecule has 0 radical (unpaired) electrons. The Morgan fingerprint density at radius 2 is 2.10 bits per heavy atom. The highest BCUT2D eigenvalue weighted by Gasteiger charge is 2.25. The Kier molecular flexibility index (Phi) is 4.06. The van der Waals surface area contributed by atoms with E-state index in [-0.39, 0.29) is 11.4 Å². The number of anilines is 1. The minimum atomic E-state index is -1.42. The number of fused-ring (bicyclic) bond motifs is 1. The van der Waals surface area contributed by atoms with Crippen molar-refractivity contribution < 1.29 is 14.0 Å². The Balaban J connectivity index is 2.49. The van der Waals surface area contributed by atoms with Crippen molar-refractivity contribution in [2.45, 2.75) is 6.92 Å². The van der Waals surface area contributed by atoms with Gasteiger partial charge in [-0.2, -0.15) is 10.5 Å². The molecule has 0 aliphatic heterocycles. The van der Waals surface area contributed by atoms with Gasteiger partial charge in [0.1, 0.15) is 17.3 Å². The first kappa shape index (κ1) is 14.8. The van der Waals surface area contributed by atoms with Crippen molar-refractivity contribution in [2.75, 3.05) is 5.32 Å². The van der Waals surface area contributed by atoms with Gasteiger partial charge in [0.2, 0.25) is 11.7 Å². The third kappa shape index (κ3) is 2.78. The largest absolute Gasteiger partial charge is 0.443 e. The number of nitrogens with zero attached hydrogens (tertiary/aromatic N) is 2. The number of furan rings is 1. The van der Waals surface area contributed by atoms with E-state index in [0.29, 0.717) is 11.0 Å². The van der Waals surface area contributed by atoms with Gasteiger partial charge in [-0.25, -0.2) is 0 Å². The van der Waals surface area contributed by atoms with Crippen LogP contribution < -0.4 is 5.32 Å². The number of Topliss-reactive ketones (excluding diaryl/α,β-unsaturated/α-hetero) is 1. The SMILES string of the molecule is CC(=O)C(C#N)C(=O)Nc1c(C#N)oc2ccc(Br)cc12. The van der Waals surface area contributed by atoms with E-state index in [4.69, 9.17) is 14.9 Å². The molecule has 2 aromatic rings. The molecule has 0 aliphatic carbocycles. The molecular weight excluding hydrogens is 338 g/mol. The Morgan fingerprint density at radius 1 is 1.38 bits per heavy atom. The van der Waals surface area contributed by atoms with Gasteiger partial charge < -0.3 is 9.73 Å². The predicted molar refractivity (Wildman–Crippen MR) is 77.0 cm³/mol. The van der Waals surface area contributed by atoms with Crippen molar-refractivity contribution in [2.24, 2.45) is 5.92 Å².